The van der Waals surface area contributed by atoms with Crippen molar-refractivity contribution in [1.82, 2.24) is 15.3 Å². The van der Waals surface area contributed by atoms with Gasteiger partial charge in [-0.3, -0.25) is 0 Å². The molecule has 1 aromatic rings. The van der Waals surface area contributed by atoms with Gasteiger partial charge in [0.25, 0.3) is 0 Å². The van der Waals surface area contributed by atoms with Gasteiger partial charge in [0.05, 0.1) is 0 Å². The van der Waals surface area contributed by atoms with E-state index in [1.54, 1.807) is 0 Å². The van der Waals surface area contributed by atoms with E-state index in [2.05, 4.69) is 22.2 Å². The molecule has 3 nitrogen and oxygen atoms in total. The van der Waals surface area contributed by atoms with E-state index in [0.29, 0.717) is 5.92 Å². The van der Waals surface area contributed by atoms with Crippen molar-refractivity contribution in [2.75, 3.05) is 13.1 Å². The van der Waals surface area contributed by atoms with Crippen LogP contribution in [0.25, 0.3) is 0 Å². The van der Waals surface area contributed by atoms with Crippen LogP contribution in [0.5, 0.6) is 0 Å². The van der Waals surface area contributed by atoms with Crippen molar-refractivity contribution in [3.8, 4) is 0 Å². The first-order valence-electron chi connectivity index (χ1n) is 5.92. The Labute approximate surface area is 91.3 Å². The van der Waals surface area contributed by atoms with Crippen molar-refractivity contribution in [3.63, 3.8) is 0 Å². The first kappa shape index (κ1) is 10.6. The van der Waals surface area contributed by atoms with Crippen molar-refractivity contribution in [1.29, 1.82) is 0 Å². The molecule has 0 spiro atoms. The molecule has 0 bridgehead atoms. The van der Waals surface area contributed by atoms with E-state index in [0.717, 1.165) is 31.8 Å². The minimum Gasteiger partial charge on any atom is -0.316 e. The highest BCUT2D eigenvalue weighted by Gasteiger charge is 2.17. The number of aromatic nitrogens is 2. The predicted molar refractivity (Wildman–Crippen MR) is 60.9 cm³/mol. The van der Waals surface area contributed by atoms with Crippen LogP contribution in [0.1, 0.15) is 43.6 Å². The van der Waals surface area contributed by atoms with Gasteiger partial charge in [0.2, 0.25) is 0 Å². The number of nitrogens with one attached hydrogen (secondary N) is 1. The molecule has 1 unspecified atom stereocenters. The molecule has 0 aliphatic carbocycles. The molecule has 0 saturated carbocycles. The van der Waals surface area contributed by atoms with Crippen molar-refractivity contribution in [2.45, 2.75) is 38.5 Å². The van der Waals surface area contributed by atoms with E-state index in [-0.39, 0.29) is 0 Å². The Kier molecular flexibility index (Phi) is 3.67. The maximum Gasteiger partial charge on any atom is 0.132 e. The molecule has 15 heavy (non-hydrogen) atoms. The Bertz CT molecular complexity index is 305. The molecule has 0 radical (unpaired) electrons. The van der Waals surface area contributed by atoms with Crippen molar-refractivity contribution < 1.29 is 0 Å². The summed E-state index contributed by atoms with van der Waals surface area (Å²) < 4.78 is 0. The first-order valence-corrected chi connectivity index (χ1v) is 5.92. The van der Waals surface area contributed by atoms with E-state index < -0.39 is 0 Å². The van der Waals surface area contributed by atoms with Crippen LogP contribution in [0.3, 0.4) is 0 Å². The predicted octanol–water partition coefficient (Wildman–Crippen LogP) is 1.90. The van der Waals surface area contributed by atoms with E-state index in [1.165, 1.54) is 18.5 Å². The average molecular weight is 205 g/mol. The smallest absolute Gasteiger partial charge is 0.132 e. The Morgan fingerprint density at radius 1 is 1.53 bits per heavy atom. The molecule has 0 amide bonds. The lowest BCUT2D eigenvalue weighted by Gasteiger charge is -2.21. The molecule has 82 valence electrons. The third-order valence-electron chi connectivity index (χ3n) is 2.90. The normalized spacial score (nSPS) is 21.5. The van der Waals surface area contributed by atoms with Gasteiger partial charge in [0.1, 0.15) is 5.82 Å². The van der Waals surface area contributed by atoms with E-state index in [9.17, 15) is 0 Å². The quantitative estimate of drug-likeness (QED) is 0.819. The second kappa shape index (κ2) is 5.21. The summed E-state index contributed by atoms with van der Waals surface area (Å²) in [5.41, 5.74) is 1.19. The Balaban J connectivity index is 2.09. The minimum absolute atomic E-state index is 0.524. The highest BCUT2D eigenvalue weighted by atomic mass is 14.9. The summed E-state index contributed by atoms with van der Waals surface area (Å²) in [7, 11) is 0. The molecule has 1 aromatic heterocycles. The summed E-state index contributed by atoms with van der Waals surface area (Å²) in [5.74, 6) is 1.56. The van der Waals surface area contributed by atoms with Gasteiger partial charge in [-0.2, -0.15) is 0 Å². The SMILES string of the molecule is CCCc1ccnc(C2CCCNC2)n1. The van der Waals surface area contributed by atoms with Gasteiger partial charge in [0, 0.05) is 24.4 Å². The summed E-state index contributed by atoms with van der Waals surface area (Å²) in [6, 6.07) is 2.03. The van der Waals surface area contributed by atoms with E-state index >= 15 is 0 Å². The zero-order valence-corrected chi connectivity index (χ0v) is 9.37. The molecule has 0 aromatic carbocycles. The summed E-state index contributed by atoms with van der Waals surface area (Å²) in [5, 5.41) is 3.40. The number of rotatable bonds is 3. The van der Waals surface area contributed by atoms with Gasteiger partial charge < -0.3 is 5.32 Å². The van der Waals surface area contributed by atoms with Crippen molar-refractivity contribution >= 4 is 0 Å². The van der Waals surface area contributed by atoms with Gasteiger partial charge in [-0.25, -0.2) is 9.97 Å². The molecule has 1 aliphatic heterocycles. The van der Waals surface area contributed by atoms with Crippen LogP contribution in [-0.2, 0) is 6.42 Å². The molecule has 1 N–H and O–H groups in total. The minimum atomic E-state index is 0.524. The lowest BCUT2D eigenvalue weighted by Crippen LogP contribution is -2.29. The second-order valence-electron chi connectivity index (χ2n) is 4.20. The summed E-state index contributed by atoms with van der Waals surface area (Å²) >= 11 is 0. The maximum atomic E-state index is 4.64. The number of piperidine rings is 1. The monoisotopic (exact) mass is 205 g/mol. The highest BCUT2D eigenvalue weighted by molar-refractivity contribution is 5.07. The fourth-order valence-corrected chi connectivity index (χ4v) is 2.08. The van der Waals surface area contributed by atoms with Gasteiger partial charge in [-0.1, -0.05) is 13.3 Å². The maximum absolute atomic E-state index is 4.64. The molecule has 2 heterocycles. The number of hydrogen-bond donors (Lipinski definition) is 1. The molecule has 1 saturated heterocycles. The Hall–Kier alpha value is -0.960. The average Bonchev–Trinajstić information content (AvgIpc) is 2.31. The molecule has 1 atom stereocenters. The topological polar surface area (TPSA) is 37.8 Å². The van der Waals surface area contributed by atoms with E-state index in [1.807, 2.05) is 12.3 Å². The second-order valence-corrected chi connectivity index (χ2v) is 4.20. The van der Waals surface area contributed by atoms with Crippen LogP contribution in [0, 0.1) is 0 Å². The molecule has 2 rings (SSSR count). The molecular weight excluding hydrogens is 186 g/mol. The zero-order valence-electron chi connectivity index (χ0n) is 9.37. The zero-order chi connectivity index (χ0) is 10.5. The van der Waals surface area contributed by atoms with Crippen molar-refractivity contribution in [3.05, 3.63) is 23.8 Å². The fourth-order valence-electron chi connectivity index (χ4n) is 2.08. The van der Waals surface area contributed by atoms with Crippen LogP contribution >= 0.6 is 0 Å². The van der Waals surface area contributed by atoms with Gasteiger partial charge >= 0.3 is 0 Å². The van der Waals surface area contributed by atoms with Gasteiger partial charge in [-0.05, 0) is 31.9 Å². The highest BCUT2D eigenvalue weighted by Crippen LogP contribution is 2.19. The number of aryl methyl sites for hydroxylation is 1. The first-order chi connectivity index (χ1) is 7.40. The summed E-state index contributed by atoms with van der Waals surface area (Å²) in [4.78, 5) is 9.03. The number of hydrogen-bond acceptors (Lipinski definition) is 3. The van der Waals surface area contributed by atoms with Crippen LogP contribution < -0.4 is 5.32 Å². The third-order valence-corrected chi connectivity index (χ3v) is 2.90. The molecule has 1 aliphatic rings. The van der Waals surface area contributed by atoms with Crippen LogP contribution in [-0.4, -0.2) is 23.1 Å². The van der Waals surface area contributed by atoms with Crippen molar-refractivity contribution in [2.24, 2.45) is 0 Å². The fraction of sp³-hybridized carbons (Fsp3) is 0.667. The van der Waals surface area contributed by atoms with Crippen LogP contribution in [0.2, 0.25) is 0 Å². The Morgan fingerprint density at radius 2 is 2.47 bits per heavy atom. The lowest BCUT2D eigenvalue weighted by molar-refractivity contribution is 0.445. The summed E-state index contributed by atoms with van der Waals surface area (Å²) in [6.07, 6.45) is 6.59. The van der Waals surface area contributed by atoms with Crippen LogP contribution in [0.4, 0.5) is 0 Å². The lowest BCUT2D eigenvalue weighted by atomic mass is 9.99. The van der Waals surface area contributed by atoms with E-state index in [4.69, 9.17) is 0 Å². The molecule has 3 heteroatoms. The Morgan fingerprint density at radius 3 is 3.20 bits per heavy atom. The number of nitrogens with zero attached hydrogens (tertiary/aromatic N) is 2. The third kappa shape index (κ3) is 2.75. The summed E-state index contributed by atoms with van der Waals surface area (Å²) in [6.45, 7) is 4.37. The molecular formula is C12H19N3. The van der Waals surface area contributed by atoms with Gasteiger partial charge in [-0.15, -0.1) is 0 Å². The largest absolute Gasteiger partial charge is 0.316 e. The standard InChI is InChI=1S/C12H19N3/c1-2-4-11-6-8-14-12(15-11)10-5-3-7-13-9-10/h6,8,10,13H,2-5,7,9H2,1H3. The molecule has 1 fully saturated rings. The van der Waals surface area contributed by atoms with Crippen LogP contribution in [0.15, 0.2) is 12.3 Å². The van der Waals surface area contributed by atoms with Gasteiger partial charge in [0.15, 0.2) is 0 Å².